The molecule has 4 aromatic carbocycles. The lowest BCUT2D eigenvalue weighted by Crippen LogP contribution is -2.52. The van der Waals surface area contributed by atoms with Crippen LogP contribution in [0.15, 0.2) is 111 Å². The fraction of sp³-hybridized carbons (Fsp3) is 0.380. The van der Waals surface area contributed by atoms with Gasteiger partial charge in [0.15, 0.2) is 12.2 Å². The van der Waals surface area contributed by atoms with Crippen LogP contribution in [0, 0.1) is 5.92 Å². The van der Waals surface area contributed by atoms with Crippen molar-refractivity contribution in [1.29, 1.82) is 0 Å². The van der Waals surface area contributed by atoms with E-state index in [-0.39, 0.29) is 42.1 Å². The molecule has 0 radical (unpaired) electrons. The van der Waals surface area contributed by atoms with Crippen LogP contribution >= 0.6 is 0 Å². The number of fused-ring (bicyclic) bond motifs is 13. The number of benzene rings is 4. The largest absolute Gasteiger partial charge is 0.483 e. The third kappa shape index (κ3) is 9.73. The molecule has 0 saturated carbocycles. The predicted octanol–water partition coefficient (Wildman–Crippen LogP) is 8.22. The van der Waals surface area contributed by atoms with Gasteiger partial charge in [-0.3, -0.25) is 4.79 Å². The summed E-state index contributed by atoms with van der Waals surface area (Å²) in [5.74, 6) is -0.863. The number of allylic oxidation sites excluding steroid dienone is 1. The molecule has 3 atom stereocenters. The maximum absolute atomic E-state index is 14.5. The highest BCUT2D eigenvalue weighted by atomic mass is 16.6. The molecule has 314 valence electrons. The summed E-state index contributed by atoms with van der Waals surface area (Å²) in [4.78, 5) is 42.3. The van der Waals surface area contributed by atoms with Gasteiger partial charge in [-0.2, -0.15) is 0 Å². The van der Waals surface area contributed by atoms with E-state index in [1.165, 1.54) is 16.7 Å². The maximum atomic E-state index is 14.5. The second-order valence-corrected chi connectivity index (χ2v) is 16.7. The minimum Gasteiger partial charge on any atom is -0.483 e. The predicted molar refractivity (Wildman–Crippen MR) is 228 cm³/mol. The number of carbonyl (C=O) groups excluding carboxylic acids is 2. The molecule has 0 unspecified atom stereocenters. The highest BCUT2D eigenvalue weighted by Crippen LogP contribution is 2.47. The Morgan fingerprint density at radius 3 is 2.25 bits per heavy atom. The molecule has 8 rings (SSSR count). The summed E-state index contributed by atoms with van der Waals surface area (Å²) in [7, 11) is 0. The van der Waals surface area contributed by atoms with Crippen molar-refractivity contribution in [2.75, 3.05) is 13.4 Å². The van der Waals surface area contributed by atoms with Gasteiger partial charge in [-0.15, -0.1) is 0 Å². The van der Waals surface area contributed by atoms with Crippen LogP contribution in [0.2, 0.25) is 0 Å². The summed E-state index contributed by atoms with van der Waals surface area (Å²) in [5.41, 5.74) is 6.04. The number of hydrogen-bond acceptors (Lipinski definition) is 10. The highest BCUT2D eigenvalue weighted by Gasteiger charge is 2.50. The standard InChI is InChI=1S/C50H54O10/c1-31(2)38-20-19-32-13-15-35(16-14-32)27-37(18-17-34-11-8-12-36(26-34)25-33-9-6-5-7-10-33)28-43(53)57-46-44-42(60-50(3,4)47(46)59-48(38)54)22-21-39-41(29-51)40(23-24-56-30-52)49(55)58-45(39)44/h5-16,21-22,26,37,46-47,51-52H,17-20,23-25,27-30H2,1-4H3/t37-,46+,47+/m1/s1. The van der Waals surface area contributed by atoms with E-state index in [2.05, 4.69) is 60.7 Å². The van der Waals surface area contributed by atoms with E-state index in [4.69, 9.17) is 28.5 Å². The molecule has 4 heterocycles. The second-order valence-electron chi connectivity index (χ2n) is 16.7. The monoisotopic (exact) mass is 814 g/mol. The molecular weight excluding hydrogens is 761 g/mol. The molecule has 60 heavy (non-hydrogen) atoms. The first-order valence-electron chi connectivity index (χ1n) is 20.8. The minimum atomic E-state index is -1.23. The Labute approximate surface area is 350 Å². The molecule has 10 nitrogen and oxygen atoms in total. The molecule has 2 bridgehead atoms. The van der Waals surface area contributed by atoms with Gasteiger partial charge < -0.3 is 33.6 Å². The molecule has 0 spiro atoms. The van der Waals surface area contributed by atoms with Gasteiger partial charge in [-0.05, 0) is 118 Å². The van der Waals surface area contributed by atoms with Crippen molar-refractivity contribution in [3.63, 3.8) is 0 Å². The Hall–Kier alpha value is -5.55. The van der Waals surface area contributed by atoms with Gasteiger partial charge in [0, 0.05) is 29.4 Å². The fourth-order valence-electron chi connectivity index (χ4n) is 8.57. The van der Waals surface area contributed by atoms with E-state index in [9.17, 15) is 19.5 Å². The van der Waals surface area contributed by atoms with E-state index in [1.54, 1.807) is 26.0 Å². The number of aryl methyl sites for hydroxylation is 2. The molecule has 3 aliphatic heterocycles. The first kappa shape index (κ1) is 42.6. The molecule has 0 fully saturated rings. The van der Waals surface area contributed by atoms with E-state index in [0.717, 1.165) is 29.5 Å². The Morgan fingerprint density at radius 2 is 1.52 bits per heavy atom. The Morgan fingerprint density at radius 1 is 0.783 bits per heavy atom. The van der Waals surface area contributed by atoms with Crippen LogP contribution in [0.1, 0.15) is 97.6 Å². The number of ether oxygens (including phenoxy) is 4. The van der Waals surface area contributed by atoms with Crippen LogP contribution < -0.4 is 10.4 Å². The van der Waals surface area contributed by atoms with Gasteiger partial charge in [-0.1, -0.05) is 84.4 Å². The van der Waals surface area contributed by atoms with Crippen molar-refractivity contribution in [3.05, 3.63) is 157 Å². The molecule has 5 aromatic rings. The molecule has 0 amide bonds. The Bertz CT molecular complexity index is 2410. The van der Waals surface area contributed by atoms with Crippen molar-refractivity contribution < 1.29 is 43.2 Å². The lowest BCUT2D eigenvalue weighted by Gasteiger charge is -2.43. The van der Waals surface area contributed by atoms with E-state index in [0.29, 0.717) is 48.0 Å². The highest BCUT2D eigenvalue weighted by molar-refractivity contribution is 5.90. The third-order valence-corrected chi connectivity index (χ3v) is 11.7. The van der Waals surface area contributed by atoms with Gasteiger partial charge in [0.05, 0.1) is 18.8 Å². The average molecular weight is 815 g/mol. The zero-order valence-corrected chi connectivity index (χ0v) is 34.8. The van der Waals surface area contributed by atoms with Crippen molar-refractivity contribution in [3.8, 4) is 5.75 Å². The van der Waals surface area contributed by atoms with Crippen molar-refractivity contribution in [2.45, 2.75) is 103 Å². The molecule has 10 heteroatoms. The normalized spacial score (nSPS) is 19.2. The van der Waals surface area contributed by atoms with Gasteiger partial charge in [0.1, 0.15) is 23.7 Å². The first-order valence-corrected chi connectivity index (χ1v) is 20.8. The topological polar surface area (TPSA) is 142 Å². The molecular formula is C50H54O10. The van der Waals surface area contributed by atoms with Crippen LogP contribution in [0.3, 0.4) is 0 Å². The van der Waals surface area contributed by atoms with Crippen LogP contribution in [-0.4, -0.2) is 47.3 Å². The summed E-state index contributed by atoms with van der Waals surface area (Å²) >= 11 is 0. The third-order valence-electron chi connectivity index (χ3n) is 11.7. The minimum absolute atomic E-state index is 0.0250. The molecule has 2 N–H and O–H groups in total. The van der Waals surface area contributed by atoms with Crippen LogP contribution in [0.5, 0.6) is 5.75 Å². The first-order chi connectivity index (χ1) is 28.9. The lowest BCUT2D eigenvalue weighted by molar-refractivity contribution is -0.188. The number of esters is 2. The average Bonchev–Trinajstić information content (AvgIpc) is 3.21. The quantitative estimate of drug-likeness (QED) is 0.0466. The summed E-state index contributed by atoms with van der Waals surface area (Å²) in [6.45, 7) is 6.29. The smallest absolute Gasteiger partial charge is 0.339 e. The summed E-state index contributed by atoms with van der Waals surface area (Å²) < 4.78 is 30.5. The van der Waals surface area contributed by atoms with Crippen molar-refractivity contribution in [2.24, 2.45) is 5.92 Å². The number of carbonyl (C=O) groups is 2. The molecule has 3 aliphatic rings. The second kappa shape index (κ2) is 18.8. The summed E-state index contributed by atoms with van der Waals surface area (Å²) in [6, 6.07) is 30.7. The van der Waals surface area contributed by atoms with E-state index < -0.39 is 48.8 Å². The number of rotatable bonds is 10. The number of aliphatic hydroxyl groups excluding tert-OH is 2. The molecule has 0 saturated heterocycles. The van der Waals surface area contributed by atoms with E-state index in [1.807, 2.05) is 32.0 Å². The summed E-state index contributed by atoms with van der Waals surface area (Å²) in [5, 5.41) is 20.2. The Kier molecular flexibility index (Phi) is 13.3. The maximum Gasteiger partial charge on any atom is 0.339 e. The van der Waals surface area contributed by atoms with Gasteiger partial charge >= 0.3 is 17.6 Å². The number of hydrogen-bond donors (Lipinski definition) is 2. The summed E-state index contributed by atoms with van der Waals surface area (Å²) in [6.07, 6.45) is 1.76. The Balaban J connectivity index is 1.27. The lowest BCUT2D eigenvalue weighted by atomic mass is 9.86. The van der Waals surface area contributed by atoms with Crippen molar-refractivity contribution in [1.82, 2.24) is 0 Å². The fourth-order valence-corrected chi connectivity index (χ4v) is 8.57. The zero-order valence-electron chi connectivity index (χ0n) is 34.8. The number of aliphatic hydroxyl groups is 2. The van der Waals surface area contributed by atoms with Crippen LogP contribution in [0.4, 0.5) is 0 Å². The van der Waals surface area contributed by atoms with Gasteiger partial charge in [0.2, 0.25) is 0 Å². The van der Waals surface area contributed by atoms with Gasteiger partial charge in [-0.25, -0.2) is 9.59 Å². The molecule has 1 aromatic heterocycles. The SMILES string of the molecule is CC(C)=C1CCc2ccc(cc2)C[C@@H](CCc2cccc(Cc3ccccc3)c2)CC(=O)O[C@H]2c3c(ccc4c(CO)c(CCOCO)c(=O)oc34)OC(C)(C)[C@H]2OC1=O. The van der Waals surface area contributed by atoms with Crippen LogP contribution in [-0.2, 0) is 62.5 Å². The van der Waals surface area contributed by atoms with Crippen LogP contribution in [0.25, 0.3) is 11.0 Å². The van der Waals surface area contributed by atoms with Crippen molar-refractivity contribution >= 4 is 22.9 Å². The van der Waals surface area contributed by atoms with Gasteiger partial charge in [0.25, 0.3) is 0 Å². The zero-order chi connectivity index (χ0) is 42.4. The molecule has 0 aliphatic carbocycles. The van der Waals surface area contributed by atoms with E-state index >= 15 is 0 Å².